The van der Waals surface area contributed by atoms with E-state index in [-0.39, 0.29) is 5.97 Å². The van der Waals surface area contributed by atoms with Gasteiger partial charge in [-0.15, -0.1) is 0 Å². The second-order valence-electron chi connectivity index (χ2n) is 5.12. The lowest BCUT2D eigenvalue weighted by Crippen LogP contribution is -2.14. The van der Waals surface area contributed by atoms with Crippen LogP contribution in [0.4, 0.5) is 5.69 Å². The topological polar surface area (TPSA) is 74.0 Å². The molecule has 0 unspecified atom stereocenters. The number of carbonyl (C=O) groups excluding carboxylic acids is 1. The molecular weight excluding hydrogens is 294 g/mol. The minimum atomic E-state index is -0.380. The monoisotopic (exact) mass is 313 g/mol. The second-order valence-corrected chi connectivity index (χ2v) is 5.12. The predicted molar refractivity (Wildman–Crippen MR) is 87.4 cm³/mol. The van der Waals surface area contributed by atoms with Gasteiger partial charge in [-0.3, -0.25) is 4.68 Å². The lowest BCUT2D eigenvalue weighted by Gasteiger charge is -2.12. The summed E-state index contributed by atoms with van der Waals surface area (Å²) in [4.78, 5) is 16.5. The summed E-state index contributed by atoms with van der Waals surface area (Å²) < 4.78 is 8.88. The molecule has 23 heavy (non-hydrogen) atoms. The van der Waals surface area contributed by atoms with Crippen molar-refractivity contribution in [2.45, 2.75) is 13.5 Å². The van der Waals surface area contributed by atoms with Crippen molar-refractivity contribution in [3.05, 3.63) is 42.5 Å². The maximum atomic E-state index is 12.2. The van der Waals surface area contributed by atoms with Gasteiger partial charge in [-0.25, -0.2) is 9.78 Å². The molecule has 0 fully saturated rings. The Kier molecular flexibility index (Phi) is 4.27. The van der Waals surface area contributed by atoms with Crippen LogP contribution in [0.1, 0.15) is 17.3 Å². The predicted octanol–water partition coefficient (Wildman–Crippen LogP) is 2.06. The van der Waals surface area contributed by atoms with Gasteiger partial charge in [0.05, 0.1) is 23.9 Å². The molecule has 3 heterocycles. The Morgan fingerprint density at radius 2 is 2.09 bits per heavy atom. The highest BCUT2D eigenvalue weighted by molar-refractivity contribution is 6.04. The summed E-state index contributed by atoms with van der Waals surface area (Å²) in [6, 6.07) is 3.96. The standard InChI is InChI=1S/C16H19N5O2/c1-3-23-16(22)13-10-18-15-12(11-19-20(15)2)14(13)17-6-9-21-7-4-5-8-21/h4-5,7-8,10-11H,3,6,9H2,1-2H3,(H,17,18). The Morgan fingerprint density at radius 1 is 1.30 bits per heavy atom. The zero-order valence-corrected chi connectivity index (χ0v) is 13.2. The molecule has 0 spiro atoms. The van der Waals surface area contributed by atoms with Crippen LogP contribution in [-0.2, 0) is 18.3 Å². The van der Waals surface area contributed by atoms with E-state index in [1.54, 1.807) is 24.0 Å². The fraction of sp³-hybridized carbons (Fsp3) is 0.312. The van der Waals surface area contributed by atoms with Crippen molar-refractivity contribution in [3.8, 4) is 0 Å². The van der Waals surface area contributed by atoms with Gasteiger partial charge in [0.1, 0.15) is 5.56 Å². The number of carbonyl (C=O) groups is 1. The molecule has 0 bridgehead atoms. The summed E-state index contributed by atoms with van der Waals surface area (Å²) in [7, 11) is 1.82. The van der Waals surface area contributed by atoms with Crippen LogP contribution >= 0.6 is 0 Å². The van der Waals surface area contributed by atoms with Crippen LogP contribution < -0.4 is 5.32 Å². The maximum absolute atomic E-state index is 12.2. The summed E-state index contributed by atoms with van der Waals surface area (Å²) in [5.41, 5.74) is 1.87. The molecule has 0 atom stereocenters. The molecule has 0 saturated carbocycles. The van der Waals surface area contributed by atoms with Gasteiger partial charge in [0, 0.05) is 38.7 Å². The maximum Gasteiger partial charge on any atom is 0.341 e. The first-order valence-corrected chi connectivity index (χ1v) is 7.53. The van der Waals surface area contributed by atoms with Crippen LogP contribution in [0.25, 0.3) is 11.0 Å². The van der Waals surface area contributed by atoms with Crippen molar-refractivity contribution in [1.82, 2.24) is 19.3 Å². The minimum absolute atomic E-state index is 0.326. The normalized spacial score (nSPS) is 10.9. The number of pyridine rings is 1. The molecule has 0 radical (unpaired) electrons. The molecule has 0 amide bonds. The molecule has 7 heteroatoms. The van der Waals surface area contributed by atoms with Crippen LogP contribution in [0.5, 0.6) is 0 Å². The first-order chi connectivity index (χ1) is 11.2. The van der Waals surface area contributed by atoms with E-state index < -0.39 is 0 Å². The summed E-state index contributed by atoms with van der Waals surface area (Å²) in [5, 5.41) is 8.36. The quantitative estimate of drug-likeness (QED) is 0.705. The Hall–Kier alpha value is -2.83. The van der Waals surface area contributed by atoms with Crippen molar-refractivity contribution < 1.29 is 9.53 Å². The zero-order chi connectivity index (χ0) is 16.2. The lowest BCUT2D eigenvalue weighted by molar-refractivity contribution is 0.0527. The number of hydrogen-bond donors (Lipinski definition) is 1. The van der Waals surface area contributed by atoms with Crippen LogP contribution in [0.15, 0.2) is 36.9 Å². The molecule has 1 N–H and O–H groups in total. The van der Waals surface area contributed by atoms with Crippen LogP contribution in [0.3, 0.4) is 0 Å². The van der Waals surface area contributed by atoms with Gasteiger partial charge in [-0.1, -0.05) is 0 Å². The molecule has 120 valence electrons. The Balaban J connectivity index is 1.90. The molecule has 0 saturated heterocycles. The first-order valence-electron chi connectivity index (χ1n) is 7.53. The van der Waals surface area contributed by atoms with Gasteiger partial charge in [0.2, 0.25) is 0 Å². The van der Waals surface area contributed by atoms with E-state index in [0.717, 1.165) is 17.6 Å². The van der Waals surface area contributed by atoms with Crippen LogP contribution in [-0.4, -0.2) is 38.5 Å². The molecule has 0 aliphatic heterocycles. The number of aromatic nitrogens is 4. The van der Waals surface area contributed by atoms with Gasteiger partial charge in [0.25, 0.3) is 0 Å². The number of rotatable bonds is 6. The second kappa shape index (κ2) is 6.51. The fourth-order valence-electron chi connectivity index (χ4n) is 2.48. The smallest absolute Gasteiger partial charge is 0.341 e. The number of aryl methyl sites for hydroxylation is 1. The molecule has 0 aromatic carbocycles. The largest absolute Gasteiger partial charge is 0.462 e. The number of esters is 1. The third-order valence-corrected chi connectivity index (χ3v) is 3.60. The average molecular weight is 313 g/mol. The zero-order valence-electron chi connectivity index (χ0n) is 13.2. The number of fused-ring (bicyclic) bond motifs is 1. The molecule has 0 aliphatic carbocycles. The molecule has 7 nitrogen and oxygen atoms in total. The SMILES string of the molecule is CCOC(=O)c1cnc2c(cnn2C)c1NCCn1cccc1. The van der Waals surface area contributed by atoms with Crippen molar-refractivity contribution in [2.24, 2.45) is 7.05 Å². The van der Waals surface area contributed by atoms with Crippen molar-refractivity contribution in [3.63, 3.8) is 0 Å². The van der Waals surface area contributed by atoms with Gasteiger partial charge < -0.3 is 14.6 Å². The van der Waals surface area contributed by atoms with Gasteiger partial charge in [-0.2, -0.15) is 5.10 Å². The summed E-state index contributed by atoms with van der Waals surface area (Å²) in [5.74, 6) is -0.380. The van der Waals surface area contributed by atoms with E-state index >= 15 is 0 Å². The molecule has 0 aliphatic rings. The van der Waals surface area contributed by atoms with E-state index in [1.807, 2.05) is 31.6 Å². The third kappa shape index (κ3) is 3.03. The Labute approximate surface area is 133 Å². The molecular formula is C16H19N5O2. The van der Waals surface area contributed by atoms with E-state index in [2.05, 4.69) is 20.0 Å². The highest BCUT2D eigenvalue weighted by atomic mass is 16.5. The van der Waals surface area contributed by atoms with Crippen LogP contribution in [0.2, 0.25) is 0 Å². The number of hydrogen-bond acceptors (Lipinski definition) is 5. The van der Waals surface area contributed by atoms with Gasteiger partial charge in [0.15, 0.2) is 5.65 Å². The molecule has 3 aromatic rings. The average Bonchev–Trinajstić information content (AvgIpc) is 3.18. The van der Waals surface area contributed by atoms with Crippen molar-refractivity contribution in [1.29, 1.82) is 0 Å². The van der Waals surface area contributed by atoms with Gasteiger partial charge >= 0.3 is 5.97 Å². The molecule has 3 rings (SSSR count). The highest BCUT2D eigenvalue weighted by Gasteiger charge is 2.18. The Bertz CT molecular complexity index is 807. The van der Waals surface area contributed by atoms with E-state index in [0.29, 0.717) is 24.4 Å². The lowest BCUT2D eigenvalue weighted by atomic mass is 10.2. The van der Waals surface area contributed by atoms with Crippen molar-refractivity contribution in [2.75, 3.05) is 18.5 Å². The summed E-state index contributed by atoms with van der Waals surface area (Å²) in [6.45, 7) is 3.58. The number of anilines is 1. The van der Waals surface area contributed by atoms with E-state index in [9.17, 15) is 4.79 Å². The number of nitrogens with one attached hydrogen (secondary N) is 1. The molecule has 3 aromatic heterocycles. The Morgan fingerprint density at radius 3 is 2.83 bits per heavy atom. The van der Waals surface area contributed by atoms with E-state index in [4.69, 9.17) is 4.74 Å². The summed E-state index contributed by atoms with van der Waals surface area (Å²) >= 11 is 0. The summed E-state index contributed by atoms with van der Waals surface area (Å²) in [6.07, 6.45) is 7.25. The van der Waals surface area contributed by atoms with Crippen LogP contribution in [0, 0.1) is 0 Å². The number of nitrogens with zero attached hydrogens (tertiary/aromatic N) is 4. The van der Waals surface area contributed by atoms with E-state index in [1.165, 1.54) is 0 Å². The third-order valence-electron chi connectivity index (χ3n) is 3.60. The minimum Gasteiger partial charge on any atom is -0.462 e. The first kappa shape index (κ1) is 15.1. The fourth-order valence-corrected chi connectivity index (χ4v) is 2.48. The van der Waals surface area contributed by atoms with Crippen molar-refractivity contribution >= 4 is 22.7 Å². The van der Waals surface area contributed by atoms with Gasteiger partial charge in [-0.05, 0) is 19.1 Å². The highest BCUT2D eigenvalue weighted by Crippen LogP contribution is 2.26. The number of ether oxygens (including phenoxy) is 1.